The lowest BCUT2D eigenvalue weighted by Gasteiger charge is -2.19. The van der Waals surface area contributed by atoms with Crippen molar-refractivity contribution in [2.75, 3.05) is 7.05 Å². The maximum atomic E-state index is 12.8. The van der Waals surface area contributed by atoms with Gasteiger partial charge in [-0.1, -0.05) is 30.3 Å². The second kappa shape index (κ2) is 8.70. The van der Waals surface area contributed by atoms with E-state index < -0.39 is 0 Å². The molecule has 0 spiro atoms. The fourth-order valence-electron chi connectivity index (χ4n) is 3.08. The molecule has 1 heterocycles. The van der Waals surface area contributed by atoms with Crippen molar-refractivity contribution in [3.05, 3.63) is 83.7 Å². The number of carbonyl (C=O) groups is 1. The zero-order valence-corrected chi connectivity index (χ0v) is 16.8. The zero-order chi connectivity index (χ0) is 20.1. The molecule has 0 radical (unpaired) electrons. The van der Waals surface area contributed by atoms with Gasteiger partial charge in [-0.25, -0.2) is 0 Å². The summed E-state index contributed by atoms with van der Waals surface area (Å²) in [6, 6.07) is 17.6. The Morgan fingerprint density at radius 2 is 1.79 bits per heavy atom. The average Bonchev–Trinajstić information content (AvgIpc) is 2.69. The summed E-state index contributed by atoms with van der Waals surface area (Å²) in [5.74, 6) is 0.844. The van der Waals surface area contributed by atoms with E-state index in [-0.39, 0.29) is 12.0 Å². The minimum absolute atomic E-state index is 0.00511. The molecule has 3 aromatic rings. The van der Waals surface area contributed by atoms with Crippen LogP contribution in [0.2, 0.25) is 0 Å². The SMILES string of the molecule is Cc1cnccc1CN(C)C(=O)c1ccc(-c2ccccc2OC(C)C)cc1. The summed E-state index contributed by atoms with van der Waals surface area (Å²) in [6.45, 7) is 6.59. The van der Waals surface area contributed by atoms with E-state index in [1.54, 1.807) is 11.1 Å². The van der Waals surface area contributed by atoms with Gasteiger partial charge in [0, 0.05) is 37.1 Å². The van der Waals surface area contributed by atoms with Gasteiger partial charge in [-0.3, -0.25) is 9.78 Å². The van der Waals surface area contributed by atoms with Gasteiger partial charge in [0.05, 0.1) is 6.10 Å². The minimum atomic E-state index is -0.00511. The van der Waals surface area contributed by atoms with Crippen LogP contribution in [0.5, 0.6) is 5.75 Å². The highest BCUT2D eigenvalue weighted by Gasteiger charge is 2.14. The van der Waals surface area contributed by atoms with E-state index in [2.05, 4.69) is 4.98 Å². The van der Waals surface area contributed by atoms with Gasteiger partial charge < -0.3 is 9.64 Å². The van der Waals surface area contributed by atoms with Gasteiger partial charge in [0.2, 0.25) is 0 Å². The largest absolute Gasteiger partial charge is 0.490 e. The standard InChI is InChI=1S/C24H26N2O2/c1-17(2)28-23-8-6-5-7-22(23)19-9-11-20(12-10-19)24(27)26(4)16-21-13-14-25-15-18(21)3/h5-15,17H,16H2,1-4H3. The first-order chi connectivity index (χ1) is 13.5. The van der Waals surface area contributed by atoms with Gasteiger partial charge in [-0.05, 0) is 61.7 Å². The third-order valence-electron chi connectivity index (χ3n) is 4.58. The maximum Gasteiger partial charge on any atom is 0.253 e. The molecule has 0 fully saturated rings. The van der Waals surface area contributed by atoms with Crippen molar-refractivity contribution < 1.29 is 9.53 Å². The van der Waals surface area contributed by atoms with Gasteiger partial charge in [0.1, 0.15) is 5.75 Å². The Hall–Kier alpha value is -3.14. The molecule has 28 heavy (non-hydrogen) atoms. The average molecular weight is 374 g/mol. The molecule has 0 saturated carbocycles. The predicted molar refractivity (Wildman–Crippen MR) is 112 cm³/mol. The van der Waals surface area contributed by atoms with E-state index in [0.29, 0.717) is 12.1 Å². The molecule has 1 aromatic heterocycles. The summed E-state index contributed by atoms with van der Waals surface area (Å²) in [7, 11) is 1.82. The predicted octanol–water partition coefficient (Wildman–Crippen LogP) is 5.12. The van der Waals surface area contributed by atoms with Crippen LogP contribution in [0.4, 0.5) is 0 Å². The molecule has 4 nitrogen and oxygen atoms in total. The molecule has 144 valence electrons. The van der Waals surface area contributed by atoms with Gasteiger partial charge in [0.15, 0.2) is 0 Å². The smallest absolute Gasteiger partial charge is 0.253 e. The molecule has 0 bridgehead atoms. The third kappa shape index (κ3) is 4.58. The number of ether oxygens (including phenoxy) is 1. The summed E-state index contributed by atoms with van der Waals surface area (Å²) in [5, 5.41) is 0. The van der Waals surface area contributed by atoms with Crippen molar-refractivity contribution in [1.29, 1.82) is 0 Å². The lowest BCUT2D eigenvalue weighted by Crippen LogP contribution is -2.26. The molecule has 0 aliphatic rings. The van der Waals surface area contributed by atoms with Crippen molar-refractivity contribution in [1.82, 2.24) is 9.88 Å². The number of rotatable bonds is 6. The number of amides is 1. The van der Waals surface area contributed by atoms with Crippen LogP contribution in [-0.2, 0) is 6.54 Å². The maximum absolute atomic E-state index is 12.8. The van der Waals surface area contributed by atoms with Crippen molar-refractivity contribution in [3.8, 4) is 16.9 Å². The van der Waals surface area contributed by atoms with E-state index in [0.717, 1.165) is 28.0 Å². The molecule has 0 atom stereocenters. The molecular weight excluding hydrogens is 348 g/mol. The number of nitrogens with zero attached hydrogens (tertiary/aromatic N) is 2. The Balaban J connectivity index is 1.77. The van der Waals surface area contributed by atoms with E-state index in [9.17, 15) is 4.79 Å². The van der Waals surface area contributed by atoms with Crippen LogP contribution in [0.1, 0.15) is 35.3 Å². The first kappa shape index (κ1) is 19.6. The second-order valence-corrected chi connectivity index (χ2v) is 7.20. The molecule has 0 N–H and O–H groups in total. The number of pyridine rings is 1. The molecule has 2 aromatic carbocycles. The number of hydrogen-bond acceptors (Lipinski definition) is 3. The Morgan fingerprint density at radius 1 is 1.07 bits per heavy atom. The van der Waals surface area contributed by atoms with Crippen LogP contribution in [0.25, 0.3) is 11.1 Å². The van der Waals surface area contributed by atoms with E-state index >= 15 is 0 Å². The highest BCUT2D eigenvalue weighted by molar-refractivity contribution is 5.94. The summed E-state index contributed by atoms with van der Waals surface area (Å²) in [5.41, 5.74) is 4.90. The molecule has 0 aliphatic carbocycles. The fourth-order valence-corrected chi connectivity index (χ4v) is 3.08. The van der Waals surface area contributed by atoms with Crippen LogP contribution in [-0.4, -0.2) is 28.9 Å². The highest BCUT2D eigenvalue weighted by Crippen LogP contribution is 2.30. The Morgan fingerprint density at radius 3 is 2.46 bits per heavy atom. The number of aryl methyl sites for hydroxylation is 1. The Kier molecular flexibility index (Phi) is 6.09. The molecule has 0 unspecified atom stereocenters. The van der Waals surface area contributed by atoms with Gasteiger partial charge in [-0.2, -0.15) is 0 Å². The molecule has 3 rings (SSSR count). The van der Waals surface area contributed by atoms with Gasteiger partial charge in [0.25, 0.3) is 5.91 Å². The van der Waals surface area contributed by atoms with Crippen LogP contribution in [0.3, 0.4) is 0 Å². The number of carbonyl (C=O) groups excluding carboxylic acids is 1. The molecular formula is C24H26N2O2. The second-order valence-electron chi connectivity index (χ2n) is 7.20. The number of aromatic nitrogens is 1. The summed E-state index contributed by atoms with van der Waals surface area (Å²) in [4.78, 5) is 18.6. The quantitative estimate of drug-likeness (QED) is 0.602. The lowest BCUT2D eigenvalue weighted by molar-refractivity contribution is 0.0785. The van der Waals surface area contributed by atoms with E-state index in [4.69, 9.17) is 4.74 Å². The van der Waals surface area contributed by atoms with Crippen LogP contribution in [0.15, 0.2) is 67.0 Å². The third-order valence-corrected chi connectivity index (χ3v) is 4.58. The summed E-state index contributed by atoms with van der Waals surface area (Å²) in [6.07, 6.45) is 3.68. The number of benzene rings is 2. The fraction of sp³-hybridized carbons (Fsp3) is 0.250. The van der Waals surface area contributed by atoms with E-state index in [1.165, 1.54) is 0 Å². The zero-order valence-electron chi connectivity index (χ0n) is 16.8. The topological polar surface area (TPSA) is 42.4 Å². The van der Waals surface area contributed by atoms with Crippen LogP contribution < -0.4 is 4.74 Å². The summed E-state index contributed by atoms with van der Waals surface area (Å²) >= 11 is 0. The Bertz CT molecular complexity index is 949. The van der Waals surface area contributed by atoms with Gasteiger partial charge in [-0.15, -0.1) is 0 Å². The molecule has 1 amide bonds. The van der Waals surface area contributed by atoms with Crippen molar-refractivity contribution in [2.24, 2.45) is 0 Å². The van der Waals surface area contributed by atoms with Gasteiger partial charge >= 0.3 is 0 Å². The Labute approximate surface area is 166 Å². The lowest BCUT2D eigenvalue weighted by atomic mass is 10.0. The van der Waals surface area contributed by atoms with Crippen molar-refractivity contribution >= 4 is 5.91 Å². The molecule has 4 heteroatoms. The number of para-hydroxylation sites is 1. The van der Waals surface area contributed by atoms with Crippen molar-refractivity contribution in [3.63, 3.8) is 0 Å². The molecule has 0 saturated heterocycles. The first-order valence-electron chi connectivity index (χ1n) is 9.47. The monoisotopic (exact) mass is 374 g/mol. The summed E-state index contributed by atoms with van der Waals surface area (Å²) < 4.78 is 5.91. The van der Waals surface area contributed by atoms with Crippen molar-refractivity contribution in [2.45, 2.75) is 33.4 Å². The minimum Gasteiger partial charge on any atom is -0.490 e. The van der Waals surface area contributed by atoms with Crippen LogP contribution in [0, 0.1) is 6.92 Å². The number of hydrogen-bond donors (Lipinski definition) is 0. The highest BCUT2D eigenvalue weighted by atomic mass is 16.5. The normalized spacial score (nSPS) is 10.8. The first-order valence-corrected chi connectivity index (χ1v) is 9.47. The van der Waals surface area contributed by atoms with Crippen LogP contribution >= 0.6 is 0 Å². The van der Waals surface area contributed by atoms with E-state index in [1.807, 2.05) is 88.6 Å². The molecule has 0 aliphatic heterocycles.